The summed E-state index contributed by atoms with van der Waals surface area (Å²) in [6.45, 7) is 2.57. The Morgan fingerprint density at radius 2 is 2.20 bits per heavy atom. The largest absolute Gasteiger partial charge is 0.399 e. The van der Waals surface area contributed by atoms with E-state index in [0.29, 0.717) is 12.2 Å². The molecule has 0 saturated heterocycles. The molecule has 2 nitrogen and oxygen atoms in total. The van der Waals surface area contributed by atoms with Gasteiger partial charge in [-0.3, -0.25) is 4.90 Å². The van der Waals surface area contributed by atoms with Crippen LogP contribution in [0.25, 0.3) is 0 Å². The van der Waals surface area contributed by atoms with Crippen molar-refractivity contribution in [1.29, 1.82) is 0 Å². The molecule has 1 aliphatic heterocycles. The molecule has 0 unspecified atom stereocenters. The van der Waals surface area contributed by atoms with Crippen molar-refractivity contribution in [3.8, 4) is 0 Å². The van der Waals surface area contributed by atoms with Crippen LogP contribution in [0, 0.1) is 5.82 Å². The Morgan fingerprint density at radius 1 is 1.33 bits per heavy atom. The number of halogens is 1. The van der Waals surface area contributed by atoms with E-state index < -0.39 is 0 Å². The quantitative estimate of drug-likeness (QED) is 0.593. The molecular formula is C12H15FN2. The van der Waals surface area contributed by atoms with Crippen LogP contribution in [0.5, 0.6) is 0 Å². The standard InChI is InChI=1S/C12H15FN2/c13-12-8-11(14)5-4-10(12)9-15-6-2-1-3-7-15/h1-2,4-5,8H,3,6-7,9,14H2. The van der Waals surface area contributed by atoms with Crippen LogP contribution in [0.4, 0.5) is 10.1 Å². The van der Waals surface area contributed by atoms with Gasteiger partial charge in [-0.2, -0.15) is 0 Å². The summed E-state index contributed by atoms with van der Waals surface area (Å²) in [6, 6.07) is 4.90. The Bertz CT molecular complexity index is 374. The highest BCUT2D eigenvalue weighted by Gasteiger charge is 2.09. The summed E-state index contributed by atoms with van der Waals surface area (Å²) in [7, 11) is 0. The molecule has 0 radical (unpaired) electrons. The van der Waals surface area contributed by atoms with E-state index in [1.807, 2.05) is 0 Å². The van der Waals surface area contributed by atoms with Crippen LogP contribution in [0.1, 0.15) is 12.0 Å². The van der Waals surface area contributed by atoms with Crippen LogP contribution >= 0.6 is 0 Å². The van der Waals surface area contributed by atoms with Crippen molar-refractivity contribution in [2.24, 2.45) is 0 Å². The summed E-state index contributed by atoms with van der Waals surface area (Å²) < 4.78 is 13.5. The van der Waals surface area contributed by atoms with Crippen LogP contribution in [-0.4, -0.2) is 18.0 Å². The van der Waals surface area contributed by atoms with Crippen molar-refractivity contribution < 1.29 is 4.39 Å². The molecule has 0 amide bonds. The normalized spacial score (nSPS) is 16.9. The fourth-order valence-electron chi connectivity index (χ4n) is 1.77. The van der Waals surface area contributed by atoms with E-state index in [1.165, 1.54) is 6.07 Å². The topological polar surface area (TPSA) is 29.3 Å². The fraction of sp³-hybridized carbons (Fsp3) is 0.333. The maximum absolute atomic E-state index is 13.5. The summed E-state index contributed by atoms with van der Waals surface area (Å²) >= 11 is 0. The highest BCUT2D eigenvalue weighted by Crippen LogP contribution is 2.15. The van der Waals surface area contributed by atoms with E-state index in [0.717, 1.165) is 25.1 Å². The Morgan fingerprint density at radius 3 is 2.87 bits per heavy atom. The van der Waals surface area contributed by atoms with Gasteiger partial charge in [-0.1, -0.05) is 18.2 Å². The van der Waals surface area contributed by atoms with Crippen LogP contribution in [0.2, 0.25) is 0 Å². The number of rotatable bonds is 2. The van der Waals surface area contributed by atoms with Crippen molar-refractivity contribution in [3.05, 3.63) is 41.7 Å². The van der Waals surface area contributed by atoms with Crippen molar-refractivity contribution in [2.45, 2.75) is 13.0 Å². The van der Waals surface area contributed by atoms with E-state index in [1.54, 1.807) is 12.1 Å². The molecule has 15 heavy (non-hydrogen) atoms. The Hall–Kier alpha value is -1.35. The van der Waals surface area contributed by atoms with E-state index in [-0.39, 0.29) is 5.82 Å². The molecule has 2 N–H and O–H groups in total. The Kier molecular flexibility index (Phi) is 3.02. The number of benzene rings is 1. The number of hydrogen-bond donors (Lipinski definition) is 1. The molecule has 1 heterocycles. The van der Waals surface area contributed by atoms with Crippen molar-refractivity contribution in [2.75, 3.05) is 18.8 Å². The van der Waals surface area contributed by atoms with Gasteiger partial charge in [-0.05, 0) is 18.6 Å². The third-order valence-electron chi connectivity index (χ3n) is 2.61. The Balaban J connectivity index is 2.06. The SMILES string of the molecule is Nc1ccc(CN2CC=CCC2)c(F)c1. The molecule has 0 aliphatic carbocycles. The molecule has 3 heteroatoms. The van der Waals surface area contributed by atoms with Gasteiger partial charge in [0, 0.05) is 30.9 Å². The van der Waals surface area contributed by atoms with E-state index in [2.05, 4.69) is 17.1 Å². The highest BCUT2D eigenvalue weighted by molar-refractivity contribution is 5.40. The molecule has 1 aromatic rings. The molecular weight excluding hydrogens is 191 g/mol. The average Bonchev–Trinajstić information content (AvgIpc) is 2.24. The second-order valence-electron chi connectivity index (χ2n) is 3.85. The average molecular weight is 206 g/mol. The predicted molar refractivity (Wildman–Crippen MR) is 59.8 cm³/mol. The first kappa shape index (κ1) is 10.2. The summed E-state index contributed by atoms with van der Waals surface area (Å²) in [5, 5.41) is 0. The predicted octanol–water partition coefficient (Wildman–Crippen LogP) is 2.17. The number of nitrogens with zero attached hydrogens (tertiary/aromatic N) is 1. The van der Waals surface area contributed by atoms with Gasteiger partial charge in [0.1, 0.15) is 5.82 Å². The number of nitrogen functional groups attached to an aromatic ring is 1. The lowest BCUT2D eigenvalue weighted by Crippen LogP contribution is -2.27. The zero-order valence-corrected chi connectivity index (χ0v) is 8.62. The second kappa shape index (κ2) is 4.45. The minimum absolute atomic E-state index is 0.204. The molecule has 0 spiro atoms. The number of nitrogens with two attached hydrogens (primary N) is 1. The van der Waals surface area contributed by atoms with Crippen molar-refractivity contribution >= 4 is 5.69 Å². The molecule has 1 aliphatic rings. The first-order valence-corrected chi connectivity index (χ1v) is 5.17. The van der Waals surface area contributed by atoms with Crippen LogP contribution in [-0.2, 0) is 6.54 Å². The van der Waals surface area contributed by atoms with Gasteiger partial charge in [0.05, 0.1) is 0 Å². The van der Waals surface area contributed by atoms with Gasteiger partial charge < -0.3 is 5.73 Å². The van der Waals surface area contributed by atoms with Gasteiger partial charge in [0.25, 0.3) is 0 Å². The van der Waals surface area contributed by atoms with Crippen LogP contribution in [0.3, 0.4) is 0 Å². The van der Waals surface area contributed by atoms with Crippen LogP contribution < -0.4 is 5.73 Å². The van der Waals surface area contributed by atoms with E-state index in [9.17, 15) is 4.39 Å². The summed E-state index contributed by atoms with van der Waals surface area (Å²) in [4.78, 5) is 2.22. The Labute approximate surface area is 89.2 Å². The van der Waals surface area contributed by atoms with Crippen molar-refractivity contribution in [3.63, 3.8) is 0 Å². The molecule has 2 rings (SSSR count). The fourth-order valence-corrected chi connectivity index (χ4v) is 1.77. The molecule has 0 saturated carbocycles. The zero-order valence-electron chi connectivity index (χ0n) is 8.62. The smallest absolute Gasteiger partial charge is 0.129 e. The minimum atomic E-state index is -0.204. The third kappa shape index (κ3) is 2.57. The molecule has 80 valence electrons. The first-order chi connectivity index (χ1) is 7.25. The van der Waals surface area contributed by atoms with E-state index >= 15 is 0 Å². The zero-order chi connectivity index (χ0) is 10.7. The first-order valence-electron chi connectivity index (χ1n) is 5.17. The van der Waals surface area contributed by atoms with Gasteiger partial charge >= 0.3 is 0 Å². The molecule has 0 aromatic heterocycles. The minimum Gasteiger partial charge on any atom is -0.399 e. The maximum atomic E-state index is 13.5. The van der Waals surface area contributed by atoms with E-state index in [4.69, 9.17) is 5.73 Å². The maximum Gasteiger partial charge on any atom is 0.129 e. The number of hydrogen-bond acceptors (Lipinski definition) is 2. The molecule has 0 fully saturated rings. The van der Waals surface area contributed by atoms with Gasteiger partial charge in [0.2, 0.25) is 0 Å². The molecule has 0 atom stereocenters. The monoisotopic (exact) mass is 206 g/mol. The molecule has 0 bridgehead atoms. The highest BCUT2D eigenvalue weighted by atomic mass is 19.1. The number of anilines is 1. The summed E-state index contributed by atoms with van der Waals surface area (Å²) in [5.41, 5.74) is 6.70. The van der Waals surface area contributed by atoms with Gasteiger partial charge in [-0.15, -0.1) is 0 Å². The second-order valence-corrected chi connectivity index (χ2v) is 3.85. The lowest BCUT2D eigenvalue weighted by Gasteiger charge is -2.23. The third-order valence-corrected chi connectivity index (χ3v) is 2.61. The van der Waals surface area contributed by atoms with Crippen LogP contribution in [0.15, 0.2) is 30.4 Å². The summed E-state index contributed by atoms with van der Waals surface area (Å²) in [5.74, 6) is -0.204. The van der Waals surface area contributed by atoms with Crippen molar-refractivity contribution in [1.82, 2.24) is 4.90 Å². The lowest BCUT2D eigenvalue weighted by atomic mass is 10.1. The molecule has 1 aromatic carbocycles. The summed E-state index contributed by atoms with van der Waals surface area (Å²) in [6.07, 6.45) is 5.34. The van der Waals surface area contributed by atoms with Gasteiger partial charge in [-0.25, -0.2) is 4.39 Å². The lowest BCUT2D eigenvalue weighted by molar-refractivity contribution is 0.286. The van der Waals surface area contributed by atoms with Gasteiger partial charge in [0.15, 0.2) is 0 Å².